The number of aliphatic hydroxyl groups excluding tert-OH is 8. The van der Waals surface area contributed by atoms with E-state index in [-0.39, 0.29) is 42.2 Å². The molecule has 2 aliphatic heterocycles. The molecule has 0 aromatic carbocycles. The zero-order valence-corrected chi connectivity index (χ0v) is 26.8. The van der Waals surface area contributed by atoms with Gasteiger partial charge in [0.05, 0.1) is 26.4 Å². The summed E-state index contributed by atoms with van der Waals surface area (Å²) in [6, 6.07) is 0. The predicted molar refractivity (Wildman–Crippen MR) is 158 cm³/mol. The van der Waals surface area contributed by atoms with Crippen LogP contribution in [0.15, 0.2) is 11.6 Å². The van der Waals surface area contributed by atoms with Gasteiger partial charge >= 0.3 is 0 Å². The highest BCUT2D eigenvalue weighted by atomic mass is 16.7. The average molecular weight is 647 g/mol. The van der Waals surface area contributed by atoms with Crippen molar-refractivity contribution >= 4 is 5.78 Å². The molecule has 13 heteroatoms. The highest BCUT2D eigenvalue weighted by Crippen LogP contribution is 2.60. The second-order valence-electron chi connectivity index (χ2n) is 14.3. The maximum atomic E-state index is 13.6. The van der Waals surface area contributed by atoms with E-state index in [9.17, 15) is 45.6 Å². The largest absolute Gasteiger partial charge is 0.394 e. The molecule has 4 rings (SSSR count). The molecule has 0 aromatic heterocycles. The molecule has 260 valence electrons. The van der Waals surface area contributed by atoms with Crippen molar-refractivity contribution < 1.29 is 64.6 Å². The van der Waals surface area contributed by atoms with Crippen molar-refractivity contribution in [2.45, 2.75) is 128 Å². The van der Waals surface area contributed by atoms with E-state index in [0.29, 0.717) is 6.42 Å². The minimum absolute atomic E-state index is 0.0480. The number of carbonyl (C=O) groups is 1. The lowest BCUT2D eigenvalue weighted by atomic mass is 9.47. The smallest absolute Gasteiger partial charge is 0.186 e. The second-order valence-corrected chi connectivity index (χ2v) is 14.3. The molecule has 15 atom stereocenters. The first-order valence-electron chi connectivity index (χ1n) is 16.2. The Bertz CT molecular complexity index is 1020. The topological polar surface area (TPSA) is 216 Å². The summed E-state index contributed by atoms with van der Waals surface area (Å²) < 4.78 is 22.7. The van der Waals surface area contributed by atoms with Gasteiger partial charge < -0.3 is 59.8 Å². The van der Waals surface area contributed by atoms with Crippen molar-refractivity contribution in [2.24, 2.45) is 28.6 Å². The summed E-state index contributed by atoms with van der Waals surface area (Å²) in [5.41, 5.74) is 0.125. The van der Waals surface area contributed by atoms with Gasteiger partial charge in [0.2, 0.25) is 0 Å². The molecule has 1 saturated carbocycles. The van der Waals surface area contributed by atoms with Crippen LogP contribution in [0.2, 0.25) is 0 Å². The fraction of sp³-hybridized carbons (Fsp3) is 0.906. The molecule has 8 N–H and O–H groups in total. The number of allylic oxidation sites excluding steroid dienone is 2. The van der Waals surface area contributed by atoms with Crippen molar-refractivity contribution in [1.29, 1.82) is 0 Å². The maximum absolute atomic E-state index is 13.6. The lowest BCUT2D eigenvalue weighted by Gasteiger charge is -2.57. The first-order valence-corrected chi connectivity index (χ1v) is 16.2. The van der Waals surface area contributed by atoms with Crippen LogP contribution in [0, 0.1) is 28.6 Å². The minimum Gasteiger partial charge on any atom is -0.394 e. The Morgan fingerprint density at radius 3 is 1.96 bits per heavy atom. The SMILES string of the molecule is CC1=CC(=O)[C@H]2[C@@](C)(CO[C@@H]3O[C@H](CO)[C@@H](O)[C@H](O)[C@H]3O)CCC[C@]2(C)[C@H]1CC[C@H](C)CCO[C@@H]1O[C@H](CO)[C@@H](O)[C@H](O)[C@H]1O. The summed E-state index contributed by atoms with van der Waals surface area (Å²) in [5, 5.41) is 79.9. The van der Waals surface area contributed by atoms with E-state index in [1.807, 2.05) is 13.8 Å². The molecule has 0 aromatic rings. The van der Waals surface area contributed by atoms with Crippen molar-refractivity contribution in [3.63, 3.8) is 0 Å². The Balaban J connectivity index is 1.36. The third kappa shape index (κ3) is 7.50. The van der Waals surface area contributed by atoms with Gasteiger partial charge in [0, 0.05) is 11.3 Å². The number of hydrogen-bond donors (Lipinski definition) is 8. The zero-order chi connectivity index (χ0) is 33.3. The standard InChI is InChI=1S/C32H54O13/c1-16(8-11-42-29-26(40)24(38)22(36)20(13-33)44-29)6-7-18-17(2)12-19(35)28-31(3,9-5-10-32(18,28)4)15-43-30-27(41)25(39)23(37)21(14-34)45-30/h12,16,18,20-30,33-34,36-41H,5-11,13-15H2,1-4H3/t16-,18-,20+,21+,22+,23+,24-,25-,26+,27+,28-,29+,30+,31+,32+/m0/s1. The normalized spacial score (nSPS) is 46.4. The predicted octanol–water partition coefficient (Wildman–Crippen LogP) is -0.616. The van der Waals surface area contributed by atoms with E-state index in [0.717, 1.165) is 37.7 Å². The summed E-state index contributed by atoms with van der Waals surface area (Å²) >= 11 is 0. The van der Waals surface area contributed by atoms with Crippen molar-refractivity contribution in [2.75, 3.05) is 26.4 Å². The molecular weight excluding hydrogens is 592 g/mol. The number of ketones is 1. The molecular formula is C32H54O13. The highest BCUT2D eigenvalue weighted by Gasteiger charge is 2.57. The van der Waals surface area contributed by atoms with E-state index in [2.05, 4.69) is 13.8 Å². The van der Waals surface area contributed by atoms with Crippen LogP contribution in [-0.2, 0) is 23.7 Å². The number of ether oxygens (including phenoxy) is 4. The Morgan fingerprint density at radius 2 is 1.40 bits per heavy atom. The van der Waals surface area contributed by atoms with Crippen LogP contribution in [0.1, 0.15) is 66.2 Å². The quantitative estimate of drug-likeness (QED) is 0.133. The summed E-state index contributed by atoms with van der Waals surface area (Å²) in [6.07, 6.45) is -6.85. The summed E-state index contributed by atoms with van der Waals surface area (Å²) in [5.74, 6) is 0.0711. The average Bonchev–Trinajstić information content (AvgIpc) is 2.99. The molecule has 0 radical (unpaired) electrons. The van der Waals surface area contributed by atoms with Crippen LogP contribution in [-0.4, -0.2) is 134 Å². The van der Waals surface area contributed by atoms with E-state index in [1.54, 1.807) is 6.08 Å². The third-order valence-electron chi connectivity index (χ3n) is 10.9. The van der Waals surface area contributed by atoms with E-state index < -0.39 is 80.0 Å². The number of fused-ring (bicyclic) bond motifs is 1. The molecule has 13 nitrogen and oxygen atoms in total. The van der Waals surface area contributed by atoms with Crippen LogP contribution in [0.25, 0.3) is 0 Å². The summed E-state index contributed by atoms with van der Waals surface area (Å²) in [6.45, 7) is 7.57. The van der Waals surface area contributed by atoms with Crippen molar-refractivity contribution in [1.82, 2.24) is 0 Å². The molecule has 0 unspecified atom stereocenters. The fourth-order valence-electron chi connectivity index (χ4n) is 8.31. The number of rotatable bonds is 12. The Labute approximate surface area is 264 Å². The van der Waals surface area contributed by atoms with Gasteiger partial charge in [0.15, 0.2) is 18.4 Å². The Morgan fingerprint density at radius 1 is 0.844 bits per heavy atom. The summed E-state index contributed by atoms with van der Waals surface area (Å²) in [7, 11) is 0. The van der Waals surface area contributed by atoms with E-state index >= 15 is 0 Å². The lowest BCUT2D eigenvalue weighted by molar-refractivity contribution is -0.308. The monoisotopic (exact) mass is 646 g/mol. The second kappa shape index (κ2) is 15.0. The van der Waals surface area contributed by atoms with Gasteiger partial charge in [0.25, 0.3) is 0 Å². The molecule has 3 fully saturated rings. The number of carbonyl (C=O) groups excluding carboxylic acids is 1. The minimum atomic E-state index is -1.54. The molecule has 0 bridgehead atoms. The molecule has 2 saturated heterocycles. The molecule has 2 heterocycles. The van der Waals surface area contributed by atoms with Crippen LogP contribution < -0.4 is 0 Å². The van der Waals surface area contributed by atoms with E-state index in [1.165, 1.54) is 0 Å². The summed E-state index contributed by atoms with van der Waals surface area (Å²) in [4.78, 5) is 13.6. The number of aliphatic hydroxyl groups is 8. The fourth-order valence-corrected chi connectivity index (χ4v) is 8.31. The van der Waals surface area contributed by atoms with Gasteiger partial charge in [-0.15, -0.1) is 0 Å². The van der Waals surface area contributed by atoms with Crippen LogP contribution in [0.5, 0.6) is 0 Å². The van der Waals surface area contributed by atoms with Gasteiger partial charge in [0.1, 0.15) is 48.8 Å². The van der Waals surface area contributed by atoms with Crippen LogP contribution in [0.4, 0.5) is 0 Å². The molecule has 2 aliphatic carbocycles. The van der Waals surface area contributed by atoms with Crippen molar-refractivity contribution in [3.05, 3.63) is 11.6 Å². The van der Waals surface area contributed by atoms with Gasteiger partial charge in [-0.05, 0) is 55.9 Å². The van der Waals surface area contributed by atoms with Gasteiger partial charge in [-0.2, -0.15) is 0 Å². The number of hydrogen-bond acceptors (Lipinski definition) is 13. The highest BCUT2D eigenvalue weighted by molar-refractivity contribution is 5.95. The molecule has 0 amide bonds. The van der Waals surface area contributed by atoms with E-state index in [4.69, 9.17) is 18.9 Å². The van der Waals surface area contributed by atoms with Gasteiger partial charge in [-0.25, -0.2) is 0 Å². The Kier molecular flexibility index (Phi) is 12.3. The molecule has 0 spiro atoms. The van der Waals surface area contributed by atoms with Gasteiger partial charge in [-0.3, -0.25) is 4.79 Å². The lowest BCUT2D eigenvalue weighted by Crippen LogP contribution is -2.60. The zero-order valence-electron chi connectivity index (χ0n) is 26.8. The third-order valence-corrected chi connectivity index (χ3v) is 10.9. The van der Waals surface area contributed by atoms with Crippen molar-refractivity contribution in [3.8, 4) is 0 Å². The first kappa shape index (κ1) is 36.8. The molecule has 45 heavy (non-hydrogen) atoms. The van der Waals surface area contributed by atoms with Crippen LogP contribution in [0.3, 0.4) is 0 Å². The van der Waals surface area contributed by atoms with Crippen LogP contribution >= 0.6 is 0 Å². The van der Waals surface area contributed by atoms with Gasteiger partial charge in [-0.1, -0.05) is 39.2 Å². The maximum Gasteiger partial charge on any atom is 0.186 e. The Hall–Kier alpha value is -1.07. The first-order chi connectivity index (χ1) is 21.2. The molecule has 4 aliphatic rings.